The van der Waals surface area contributed by atoms with E-state index in [1.807, 2.05) is 0 Å². The second-order valence-electron chi connectivity index (χ2n) is 4.64. The van der Waals surface area contributed by atoms with Crippen molar-refractivity contribution in [3.05, 3.63) is 65.5 Å². The number of thioether (sulfide) groups is 1. The van der Waals surface area contributed by atoms with E-state index < -0.39 is 11.4 Å². The van der Waals surface area contributed by atoms with E-state index >= 15 is 0 Å². The summed E-state index contributed by atoms with van der Waals surface area (Å²) in [6.07, 6.45) is 0.257. The van der Waals surface area contributed by atoms with Crippen molar-refractivity contribution in [2.45, 2.75) is 16.8 Å². The summed E-state index contributed by atoms with van der Waals surface area (Å²) in [5.41, 5.74) is -4.09. The lowest BCUT2D eigenvalue weighted by atomic mass is 10.1. The normalized spacial score (nSPS) is 11.3. The lowest BCUT2D eigenvalue weighted by molar-refractivity contribution is -0.0328. The predicted molar refractivity (Wildman–Crippen MR) is 80.8 cm³/mol. The summed E-state index contributed by atoms with van der Waals surface area (Å²) in [6, 6.07) is 11.6. The molecule has 2 aromatic carbocycles. The van der Waals surface area contributed by atoms with Crippen molar-refractivity contribution in [2.75, 3.05) is 6.54 Å². The zero-order valence-corrected chi connectivity index (χ0v) is 12.7. The van der Waals surface area contributed by atoms with E-state index in [-0.39, 0.29) is 41.0 Å². The number of amides is 1. The van der Waals surface area contributed by atoms with Crippen LogP contribution in [0.3, 0.4) is 0 Å². The van der Waals surface area contributed by atoms with Crippen molar-refractivity contribution in [1.29, 1.82) is 0 Å². The first-order valence-electron chi connectivity index (χ1n) is 6.73. The molecule has 0 aliphatic heterocycles. The van der Waals surface area contributed by atoms with Gasteiger partial charge in [-0.15, -0.1) is 0 Å². The van der Waals surface area contributed by atoms with Crippen LogP contribution in [0.5, 0.6) is 0 Å². The summed E-state index contributed by atoms with van der Waals surface area (Å²) in [5.74, 6) is -0.997. The van der Waals surface area contributed by atoms with E-state index in [2.05, 4.69) is 5.32 Å². The maximum atomic E-state index is 13.4. The highest BCUT2D eigenvalue weighted by molar-refractivity contribution is 8.00. The topological polar surface area (TPSA) is 29.1 Å². The van der Waals surface area contributed by atoms with Gasteiger partial charge >= 0.3 is 5.51 Å². The van der Waals surface area contributed by atoms with Crippen LogP contribution in [0, 0.1) is 5.82 Å². The molecule has 0 fully saturated rings. The van der Waals surface area contributed by atoms with Gasteiger partial charge in [0.25, 0.3) is 5.91 Å². The van der Waals surface area contributed by atoms with Gasteiger partial charge in [-0.3, -0.25) is 4.79 Å². The first-order chi connectivity index (χ1) is 10.9. The molecule has 0 spiro atoms. The van der Waals surface area contributed by atoms with Gasteiger partial charge in [-0.2, -0.15) is 13.2 Å². The van der Waals surface area contributed by atoms with Crippen LogP contribution < -0.4 is 5.32 Å². The van der Waals surface area contributed by atoms with E-state index in [1.165, 1.54) is 30.3 Å². The molecular formula is C16H13F4NOS. The van der Waals surface area contributed by atoms with Crippen LogP contribution in [-0.2, 0) is 6.42 Å². The van der Waals surface area contributed by atoms with Gasteiger partial charge in [0.05, 0.1) is 5.56 Å². The SMILES string of the molecule is O=C(NCCc1ccccc1F)c1ccccc1SC(F)(F)F. The van der Waals surface area contributed by atoms with E-state index in [0.717, 1.165) is 0 Å². The monoisotopic (exact) mass is 343 g/mol. The molecule has 0 aliphatic carbocycles. The molecule has 0 saturated carbocycles. The number of hydrogen-bond donors (Lipinski definition) is 1. The molecule has 1 amide bonds. The summed E-state index contributed by atoms with van der Waals surface area (Å²) in [5, 5.41) is 2.51. The molecule has 0 saturated heterocycles. The van der Waals surface area contributed by atoms with Gasteiger partial charge in [-0.05, 0) is 41.9 Å². The second-order valence-corrected chi connectivity index (χ2v) is 5.75. The summed E-state index contributed by atoms with van der Waals surface area (Å²) >= 11 is -0.333. The van der Waals surface area contributed by atoms with Crippen LogP contribution in [0.1, 0.15) is 15.9 Å². The van der Waals surface area contributed by atoms with Crippen LogP contribution in [0.15, 0.2) is 53.4 Å². The molecule has 0 bridgehead atoms. The highest BCUT2D eigenvalue weighted by Crippen LogP contribution is 2.38. The molecule has 0 unspecified atom stereocenters. The standard InChI is InChI=1S/C16H13F4NOS/c17-13-7-3-1-5-11(13)9-10-21-15(22)12-6-2-4-8-14(12)23-16(18,19)20/h1-8H,9-10H2,(H,21,22). The van der Waals surface area contributed by atoms with Crippen molar-refractivity contribution < 1.29 is 22.4 Å². The molecule has 122 valence electrons. The number of carbonyl (C=O) groups excluding carboxylic acids is 1. The maximum absolute atomic E-state index is 13.4. The van der Waals surface area contributed by atoms with Gasteiger partial charge in [0.1, 0.15) is 5.82 Å². The number of rotatable bonds is 5. The Labute approximate surface area is 134 Å². The average molecular weight is 343 g/mol. The van der Waals surface area contributed by atoms with Crippen LogP contribution in [-0.4, -0.2) is 18.0 Å². The molecule has 7 heteroatoms. The minimum absolute atomic E-state index is 0.0524. The third-order valence-electron chi connectivity index (χ3n) is 3.00. The minimum Gasteiger partial charge on any atom is -0.352 e. The zero-order valence-electron chi connectivity index (χ0n) is 11.9. The summed E-state index contributed by atoms with van der Waals surface area (Å²) < 4.78 is 50.9. The number of halogens is 4. The molecular weight excluding hydrogens is 330 g/mol. The Hall–Kier alpha value is -2.02. The molecule has 1 N–H and O–H groups in total. The van der Waals surface area contributed by atoms with Crippen LogP contribution >= 0.6 is 11.8 Å². The molecule has 2 aromatic rings. The van der Waals surface area contributed by atoms with Gasteiger partial charge in [-0.1, -0.05) is 30.3 Å². The van der Waals surface area contributed by atoms with Crippen LogP contribution in [0.25, 0.3) is 0 Å². The first kappa shape index (κ1) is 17.3. The highest BCUT2D eigenvalue weighted by atomic mass is 32.2. The van der Waals surface area contributed by atoms with Gasteiger partial charge in [0, 0.05) is 11.4 Å². The molecule has 0 aliphatic rings. The van der Waals surface area contributed by atoms with Crippen LogP contribution in [0.2, 0.25) is 0 Å². The molecule has 0 aromatic heterocycles. The lowest BCUT2D eigenvalue weighted by Crippen LogP contribution is -2.26. The lowest BCUT2D eigenvalue weighted by Gasteiger charge is -2.11. The fraction of sp³-hybridized carbons (Fsp3) is 0.188. The maximum Gasteiger partial charge on any atom is 0.446 e. The molecule has 0 radical (unpaired) electrons. The number of nitrogens with one attached hydrogen (secondary N) is 1. The Morgan fingerprint density at radius 1 is 1.04 bits per heavy atom. The highest BCUT2D eigenvalue weighted by Gasteiger charge is 2.31. The number of hydrogen-bond acceptors (Lipinski definition) is 2. The molecule has 2 nitrogen and oxygen atoms in total. The largest absolute Gasteiger partial charge is 0.446 e. The minimum atomic E-state index is -4.47. The van der Waals surface area contributed by atoms with Gasteiger partial charge < -0.3 is 5.32 Å². The molecule has 0 atom stereocenters. The smallest absolute Gasteiger partial charge is 0.352 e. The van der Waals surface area contributed by atoms with E-state index in [1.54, 1.807) is 18.2 Å². The van der Waals surface area contributed by atoms with Gasteiger partial charge in [0.2, 0.25) is 0 Å². The second kappa shape index (κ2) is 7.50. The molecule has 0 heterocycles. The van der Waals surface area contributed by atoms with Crippen molar-refractivity contribution in [3.63, 3.8) is 0 Å². The molecule has 2 rings (SSSR count). The third kappa shape index (κ3) is 5.28. The Balaban J connectivity index is 2.00. The van der Waals surface area contributed by atoms with Crippen molar-refractivity contribution in [1.82, 2.24) is 5.32 Å². The van der Waals surface area contributed by atoms with Crippen molar-refractivity contribution >= 4 is 17.7 Å². The average Bonchev–Trinajstić information content (AvgIpc) is 2.48. The van der Waals surface area contributed by atoms with Crippen molar-refractivity contribution in [2.24, 2.45) is 0 Å². The van der Waals surface area contributed by atoms with E-state index in [4.69, 9.17) is 0 Å². The fourth-order valence-corrected chi connectivity index (χ4v) is 2.64. The van der Waals surface area contributed by atoms with E-state index in [0.29, 0.717) is 5.56 Å². The summed E-state index contributed by atoms with van der Waals surface area (Å²) in [6.45, 7) is 0.130. The first-order valence-corrected chi connectivity index (χ1v) is 7.55. The fourth-order valence-electron chi connectivity index (χ4n) is 1.97. The van der Waals surface area contributed by atoms with Crippen molar-refractivity contribution in [3.8, 4) is 0 Å². The Bertz CT molecular complexity index is 688. The van der Waals surface area contributed by atoms with Crippen LogP contribution in [0.4, 0.5) is 17.6 Å². The Morgan fingerprint density at radius 2 is 1.70 bits per heavy atom. The Morgan fingerprint density at radius 3 is 2.39 bits per heavy atom. The quantitative estimate of drug-likeness (QED) is 0.644. The van der Waals surface area contributed by atoms with Gasteiger partial charge in [-0.25, -0.2) is 4.39 Å². The number of alkyl halides is 3. The Kier molecular flexibility index (Phi) is 5.65. The third-order valence-corrected chi connectivity index (χ3v) is 3.80. The number of benzene rings is 2. The zero-order chi connectivity index (χ0) is 16.9. The summed E-state index contributed by atoms with van der Waals surface area (Å²) in [4.78, 5) is 11.9. The predicted octanol–water partition coefficient (Wildman–Crippen LogP) is 4.41. The van der Waals surface area contributed by atoms with Gasteiger partial charge in [0.15, 0.2) is 0 Å². The summed E-state index contributed by atoms with van der Waals surface area (Å²) in [7, 11) is 0. The number of carbonyl (C=O) groups is 1. The van der Waals surface area contributed by atoms with E-state index in [9.17, 15) is 22.4 Å². The molecule has 23 heavy (non-hydrogen) atoms.